The lowest BCUT2D eigenvalue weighted by atomic mass is 10.1. The molecule has 1 amide bonds. The van der Waals surface area contributed by atoms with Crippen molar-refractivity contribution in [3.63, 3.8) is 0 Å². The van der Waals surface area contributed by atoms with Crippen LogP contribution in [0.4, 0.5) is 4.39 Å². The van der Waals surface area contributed by atoms with Crippen LogP contribution in [0.1, 0.15) is 24.2 Å². The molecule has 0 aliphatic rings. The topological polar surface area (TPSA) is 36.4 Å². The van der Waals surface area contributed by atoms with E-state index in [0.717, 1.165) is 6.54 Å². The number of carbonyl (C=O) groups is 1. The van der Waals surface area contributed by atoms with E-state index >= 15 is 0 Å². The molecule has 1 aromatic rings. The smallest absolute Gasteiger partial charge is 0.255 e. The first-order valence-electron chi connectivity index (χ1n) is 6.45. The Kier molecular flexibility index (Phi) is 5.89. The predicted molar refractivity (Wildman–Crippen MR) is 73.5 cm³/mol. The van der Waals surface area contributed by atoms with Crippen LogP contribution in [0.15, 0.2) is 18.3 Å². The van der Waals surface area contributed by atoms with Crippen molar-refractivity contribution in [3.8, 4) is 0 Å². The van der Waals surface area contributed by atoms with E-state index in [2.05, 4.69) is 18.8 Å². The van der Waals surface area contributed by atoms with Crippen LogP contribution in [0.3, 0.4) is 0 Å². The van der Waals surface area contributed by atoms with E-state index in [-0.39, 0.29) is 5.91 Å². The van der Waals surface area contributed by atoms with Crippen molar-refractivity contribution in [1.82, 2.24) is 14.8 Å². The monoisotopic (exact) mass is 267 g/mol. The third kappa shape index (κ3) is 5.34. The Hall–Kier alpha value is -1.49. The van der Waals surface area contributed by atoms with E-state index in [1.807, 2.05) is 19.0 Å². The molecule has 0 saturated heterocycles. The van der Waals surface area contributed by atoms with Gasteiger partial charge in [-0.15, -0.1) is 0 Å². The van der Waals surface area contributed by atoms with Crippen LogP contribution in [-0.4, -0.2) is 54.4 Å². The fraction of sp³-hybridized carbons (Fsp3) is 0.571. The molecule has 5 heteroatoms. The van der Waals surface area contributed by atoms with Crippen LogP contribution < -0.4 is 0 Å². The van der Waals surface area contributed by atoms with Gasteiger partial charge in [0.2, 0.25) is 5.95 Å². The third-order valence-electron chi connectivity index (χ3n) is 2.66. The second kappa shape index (κ2) is 7.19. The zero-order chi connectivity index (χ0) is 14.4. The van der Waals surface area contributed by atoms with Gasteiger partial charge in [-0.05, 0) is 32.1 Å². The average Bonchev–Trinajstić information content (AvgIpc) is 2.34. The number of pyridine rings is 1. The van der Waals surface area contributed by atoms with Crippen molar-refractivity contribution >= 4 is 5.91 Å². The lowest BCUT2D eigenvalue weighted by molar-refractivity contribution is 0.0724. The van der Waals surface area contributed by atoms with Crippen molar-refractivity contribution in [2.75, 3.05) is 33.7 Å². The molecule has 0 spiro atoms. The van der Waals surface area contributed by atoms with E-state index in [9.17, 15) is 9.18 Å². The molecule has 0 unspecified atom stereocenters. The molecule has 0 aliphatic heterocycles. The number of aromatic nitrogens is 1. The number of hydrogen-bond donors (Lipinski definition) is 0. The first kappa shape index (κ1) is 15.6. The molecule has 0 aliphatic carbocycles. The summed E-state index contributed by atoms with van der Waals surface area (Å²) in [4.78, 5) is 19.7. The molecule has 0 bridgehead atoms. The van der Waals surface area contributed by atoms with E-state index in [0.29, 0.717) is 24.6 Å². The maximum atomic E-state index is 12.8. The number of hydrogen-bond acceptors (Lipinski definition) is 3. The molecule has 1 rings (SSSR count). The van der Waals surface area contributed by atoms with Gasteiger partial charge in [0.05, 0.1) is 5.56 Å². The fourth-order valence-electron chi connectivity index (χ4n) is 1.72. The summed E-state index contributed by atoms with van der Waals surface area (Å²) in [6.07, 6.45) is 1.29. The van der Waals surface area contributed by atoms with Crippen molar-refractivity contribution < 1.29 is 9.18 Å². The lowest BCUT2D eigenvalue weighted by Crippen LogP contribution is -2.39. The van der Waals surface area contributed by atoms with Gasteiger partial charge in [0.1, 0.15) is 0 Å². The van der Waals surface area contributed by atoms with Gasteiger partial charge in [-0.25, -0.2) is 4.98 Å². The number of rotatable bonds is 6. The zero-order valence-corrected chi connectivity index (χ0v) is 12.1. The summed E-state index contributed by atoms with van der Waals surface area (Å²) in [5.41, 5.74) is 0.431. The molecule has 0 aromatic carbocycles. The molecule has 0 radical (unpaired) electrons. The first-order valence-corrected chi connectivity index (χ1v) is 6.45. The van der Waals surface area contributed by atoms with E-state index in [4.69, 9.17) is 0 Å². The van der Waals surface area contributed by atoms with Crippen molar-refractivity contribution in [2.24, 2.45) is 5.92 Å². The maximum Gasteiger partial charge on any atom is 0.255 e. The SMILES string of the molecule is CC(C)CN(CCN(C)C)C(=O)c1ccc(F)nc1. The van der Waals surface area contributed by atoms with Crippen LogP contribution in [-0.2, 0) is 0 Å². The van der Waals surface area contributed by atoms with Gasteiger partial charge in [0.15, 0.2) is 0 Å². The Labute approximate surface area is 114 Å². The molecular weight excluding hydrogens is 245 g/mol. The van der Waals surface area contributed by atoms with Crippen LogP contribution in [0.25, 0.3) is 0 Å². The number of amides is 1. The summed E-state index contributed by atoms with van der Waals surface area (Å²) in [5.74, 6) is -0.275. The highest BCUT2D eigenvalue weighted by atomic mass is 19.1. The Bertz CT molecular complexity index is 404. The Balaban J connectivity index is 2.77. The summed E-state index contributed by atoms with van der Waals surface area (Å²) in [6.45, 7) is 6.27. The number of carbonyl (C=O) groups excluding carboxylic acids is 1. The van der Waals surface area contributed by atoms with Gasteiger partial charge >= 0.3 is 0 Å². The normalized spacial score (nSPS) is 11.1. The number of likely N-dealkylation sites (N-methyl/N-ethyl adjacent to an activating group) is 1. The summed E-state index contributed by atoms with van der Waals surface area (Å²) in [6, 6.07) is 2.69. The fourth-order valence-corrected chi connectivity index (χ4v) is 1.72. The minimum atomic E-state index is -0.569. The molecule has 0 N–H and O–H groups in total. The standard InChI is InChI=1S/C14H22FN3O/c1-11(2)10-18(8-7-17(3)4)14(19)12-5-6-13(15)16-9-12/h5-6,9,11H,7-8,10H2,1-4H3. The quantitative estimate of drug-likeness (QED) is 0.738. The van der Waals surface area contributed by atoms with Gasteiger partial charge < -0.3 is 9.80 Å². The van der Waals surface area contributed by atoms with Crippen LogP contribution in [0.2, 0.25) is 0 Å². The van der Waals surface area contributed by atoms with Gasteiger partial charge in [-0.3, -0.25) is 4.79 Å². The van der Waals surface area contributed by atoms with Gasteiger partial charge in [0.25, 0.3) is 5.91 Å². The Morgan fingerprint density at radius 2 is 2.00 bits per heavy atom. The summed E-state index contributed by atoms with van der Waals surface area (Å²) >= 11 is 0. The van der Waals surface area contributed by atoms with Crippen LogP contribution in [0.5, 0.6) is 0 Å². The molecule has 106 valence electrons. The highest BCUT2D eigenvalue weighted by Gasteiger charge is 2.17. The van der Waals surface area contributed by atoms with Gasteiger partial charge in [0, 0.05) is 25.8 Å². The molecule has 0 fully saturated rings. The highest BCUT2D eigenvalue weighted by molar-refractivity contribution is 5.93. The van der Waals surface area contributed by atoms with E-state index in [1.165, 1.54) is 18.3 Å². The van der Waals surface area contributed by atoms with Crippen molar-refractivity contribution in [3.05, 3.63) is 29.8 Å². The second-order valence-electron chi connectivity index (χ2n) is 5.32. The van der Waals surface area contributed by atoms with Gasteiger partial charge in [-0.2, -0.15) is 4.39 Å². The Morgan fingerprint density at radius 3 is 2.47 bits per heavy atom. The number of halogens is 1. The maximum absolute atomic E-state index is 12.8. The molecular formula is C14H22FN3O. The van der Waals surface area contributed by atoms with E-state index < -0.39 is 5.95 Å². The third-order valence-corrected chi connectivity index (χ3v) is 2.66. The summed E-state index contributed by atoms with van der Waals surface area (Å²) < 4.78 is 12.8. The van der Waals surface area contributed by atoms with Crippen molar-refractivity contribution in [2.45, 2.75) is 13.8 Å². The predicted octanol–water partition coefficient (Wildman–Crippen LogP) is 1.88. The molecule has 0 saturated carbocycles. The molecule has 1 aromatic heterocycles. The largest absolute Gasteiger partial charge is 0.337 e. The first-order chi connectivity index (χ1) is 8.90. The highest BCUT2D eigenvalue weighted by Crippen LogP contribution is 2.07. The molecule has 1 heterocycles. The summed E-state index contributed by atoms with van der Waals surface area (Å²) in [5, 5.41) is 0. The minimum absolute atomic E-state index is 0.0944. The molecule has 19 heavy (non-hydrogen) atoms. The summed E-state index contributed by atoms with van der Waals surface area (Å²) in [7, 11) is 3.94. The Morgan fingerprint density at radius 1 is 1.32 bits per heavy atom. The average molecular weight is 267 g/mol. The lowest BCUT2D eigenvalue weighted by Gasteiger charge is -2.26. The minimum Gasteiger partial charge on any atom is -0.337 e. The van der Waals surface area contributed by atoms with Crippen molar-refractivity contribution in [1.29, 1.82) is 0 Å². The number of nitrogens with zero attached hydrogens (tertiary/aromatic N) is 3. The second-order valence-corrected chi connectivity index (χ2v) is 5.32. The van der Waals surface area contributed by atoms with Crippen LogP contribution >= 0.6 is 0 Å². The van der Waals surface area contributed by atoms with Crippen LogP contribution in [0, 0.1) is 11.9 Å². The van der Waals surface area contributed by atoms with E-state index in [1.54, 1.807) is 4.90 Å². The van der Waals surface area contributed by atoms with Gasteiger partial charge in [-0.1, -0.05) is 13.8 Å². The molecule has 4 nitrogen and oxygen atoms in total. The molecule has 0 atom stereocenters. The zero-order valence-electron chi connectivity index (χ0n) is 12.1.